The summed E-state index contributed by atoms with van der Waals surface area (Å²) in [5.41, 5.74) is -0.680. The third-order valence-electron chi connectivity index (χ3n) is 2.43. The fraction of sp³-hybridized carbons (Fsp3) is 0.545. The van der Waals surface area contributed by atoms with E-state index in [1.165, 1.54) is 16.3 Å². The predicted octanol–water partition coefficient (Wildman–Crippen LogP) is 0.0451. The first kappa shape index (κ1) is 14.0. The molecule has 1 N–H and O–H groups in total. The summed E-state index contributed by atoms with van der Waals surface area (Å²) in [6.07, 6.45) is 2.81. The van der Waals surface area contributed by atoms with Gasteiger partial charge in [-0.1, -0.05) is 0 Å². The van der Waals surface area contributed by atoms with E-state index in [-0.39, 0.29) is 18.3 Å². The third kappa shape index (κ3) is 3.55. The molecule has 2 rings (SSSR count). The Bertz CT molecular complexity index is 517. The van der Waals surface area contributed by atoms with Crippen LogP contribution in [0.3, 0.4) is 0 Å². The van der Waals surface area contributed by atoms with Crippen LogP contribution in [0.1, 0.15) is 6.23 Å². The molecule has 1 fully saturated rings. The number of aromatic nitrogens is 2. The molecular formula is C11H16N4O3S. The summed E-state index contributed by atoms with van der Waals surface area (Å²) >= 11 is 1.48. The lowest BCUT2D eigenvalue weighted by molar-refractivity contribution is -0.00630. The predicted molar refractivity (Wildman–Crippen MR) is 73.8 cm³/mol. The van der Waals surface area contributed by atoms with Crippen molar-refractivity contribution in [1.29, 1.82) is 0 Å². The van der Waals surface area contributed by atoms with Crippen molar-refractivity contribution < 1.29 is 9.84 Å². The van der Waals surface area contributed by atoms with Crippen LogP contribution in [-0.4, -0.2) is 57.8 Å². The second kappa shape index (κ2) is 6.18. The van der Waals surface area contributed by atoms with E-state index in [4.69, 9.17) is 9.84 Å². The molecule has 0 spiro atoms. The zero-order chi connectivity index (χ0) is 13.8. The molecule has 0 radical (unpaired) electrons. The Balaban J connectivity index is 2.14. The summed E-state index contributed by atoms with van der Waals surface area (Å²) in [6, 6.07) is 1.65. The van der Waals surface area contributed by atoms with E-state index in [1.807, 2.05) is 14.1 Å². The van der Waals surface area contributed by atoms with Gasteiger partial charge in [0.2, 0.25) is 0 Å². The molecule has 0 amide bonds. The van der Waals surface area contributed by atoms with Crippen molar-refractivity contribution in [3.8, 4) is 0 Å². The molecule has 0 unspecified atom stereocenters. The summed E-state index contributed by atoms with van der Waals surface area (Å²) in [7, 11) is 3.67. The van der Waals surface area contributed by atoms with Crippen molar-refractivity contribution >= 4 is 23.9 Å². The second-order valence-electron chi connectivity index (χ2n) is 4.22. The third-order valence-corrected chi connectivity index (χ3v) is 3.54. The normalized spacial score (nSPS) is 23.1. The fourth-order valence-electron chi connectivity index (χ4n) is 1.55. The molecule has 1 aromatic rings. The van der Waals surface area contributed by atoms with Crippen molar-refractivity contribution in [2.24, 2.45) is 4.99 Å². The van der Waals surface area contributed by atoms with Crippen molar-refractivity contribution in [2.75, 3.05) is 26.5 Å². The van der Waals surface area contributed by atoms with Gasteiger partial charge in [0.05, 0.1) is 12.9 Å². The van der Waals surface area contributed by atoms with Crippen LogP contribution in [-0.2, 0) is 4.74 Å². The lowest BCUT2D eigenvalue weighted by Gasteiger charge is -2.13. The van der Waals surface area contributed by atoms with Crippen LogP contribution in [0.25, 0.3) is 0 Å². The maximum Gasteiger partial charge on any atom is 0.351 e. The second-order valence-corrected chi connectivity index (χ2v) is 5.41. The van der Waals surface area contributed by atoms with Crippen molar-refractivity contribution in [3.63, 3.8) is 0 Å². The zero-order valence-electron chi connectivity index (χ0n) is 10.8. The number of ether oxygens (including phenoxy) is 1. The lowest BCUT2D eigenvalue weighted by Crippen LogP contribution is -2.28. The van der Waals surface area contributed by atoms with E-state index >= 15 is 0 Å². The monoisotopic (exact) mass is 284 g/mol. The van der Waals surface area contributed by atoms with Gasteiger partial charge in [0.25, 0.3) is 0 Å². The highest BCUT2D eigenvalue weighted by Crippen LogP contribution is 2.30. The maximum atomic E-state index is 11.9. The average Bonchev–Trinajstić information content (AvgIpc) is 2.85. The van der Waals surface area contributed by atoms with Gasteiger partial charge in [-0.2, -0.15) is 4.98 Å². The highest BCUT2D eigenvalue weighted by Gasteiger charge is 2.27. The van der Waals surface area contributed by atoms with Gasteiger partial charge in [-0.15, -0.1) is 11.8 Å². The largest absolute Gasteiger partial charge is 0.393 e. The molecule has 0 aliphatic carbocycles. The molecule has 8 heteroatoms. The van der Waals surface area contributed by atoms with E-state index in [0.717, 1.165) is 0 Å². The van der Waals surface area contributed by atoms with Crippen LogP contribution in [0.4, 0.5) is 5.82 Å². The van der Waals surface area contributed by atoms with Gasteiger partial charge < -0.3 is 14.7 Å². The van der Waals surface area contributed by atoms with Gasteiger partial charge in [0.1, 0.15) is 11.7 Å². The molecule has 1 aliphatic heterocycles. The SMILES string of the molecule is CN(C)C=Nc1ccn([C@H]2CS[C@@H](CO)O2)c(=O)n1. The van der Waals surface area contributed by atoms with Crippen LogP contribution in [0.5, 0.6) is 0 Å². The van der Waals surface area contributed by atoms with Crippen molar-refractivity contribution in [3.05, 3.63) is 22.7 Å². The number of thioether (sulfide) groups is 1. The summed E-state index contributed by atoms with van der Waals surface area (Å²) in [5.74, 6) is 0.979. The number of aliphatic hydroxyl groups is 1. The molecule has 0 bridgehead atoms. The first-order valence-corrected chi connectivity index (χ1v) is 6.83. The minimum absolute atomic E-state index is 0.0610. The van der Waals surface area contributed by atoms with Gasteiger partial charge in [0.15, 0.2) is 5.82 Å². The fourth-order valence-corrected chi connectivity index (χ4v) is 2.49. The Morgan fingerprint density at radius 2 is 2.53 bits per heavy atom. The lowest BCUT2D eigenvalue weighted by atomic mass is 10.5. The number of aliphatic imine (C=N–C) groups is 1. The molecule has 0 aromatic carbocycles. The Kier molecular flexibility index (Phi) is 4.56. The Hall–Kier alpha value is -1.38. The minimum Gasteiger partial charge on any atom is -0.393 e. The van der Waals surface area contributed by atoms with E-state index < -0.39 is 5.69 Å². The first-order valence-electron chi connectivity index (χ1n) is 5.78. The molecule has 1 aliphatic rings. The molecule has 104 valence electrons. The molecule has 1 saturated heterocycles. The van der Waals surface area contributed by atoms with Crippen LogP contribution in [0.2, 0.25) is 0 Å². The van der Waals surface area contributed by atoms with Crippen LogP contribution >= 0.6 is 11.8 Å². The van der Waals surface area contributed by atoms with Gasteiger partial charge in [-0.05, 0) is 6.07 Å². The molecule has 2 atom stereocenters. The molecule has 1 aromatic heterocycles. The Labute approximate surface area is 114 Å². The highest BCUT2D eigenvalue weighted by atomic mass is 32.2. The van der Waals surface area contributed by atoms with Crippen LogP contribution < -0.4 is 5.69 Å². The summed E-state index contributed by atoms with van der Waals surface area (Å²) in [6.45, 7) is -0.0610. The number of aliphatic hydroxyl groups excluding tert-OH is 1. The van der Waals surface area contributed by atoms with Gasteiger partial charge >= 0.3 is 5.69 Å². The first-order chi connectivity index (χ1) is 9.10. The summed E-state index contributed by atoms with van der Waals surface area (Å²) in [5, 5.41) is 8.99. The van der Waals surface area contributed by atoms with Crippen LogP contribution in [0.15, 0.2) is 22.1 Å². The Morgan fingerprint density at radius 1 is 1.74 bits per heavy atom. The average molecular weight is 284 g/mol. The maximum absolute atomic E-state index is 11.9. The van der Waals surface area contributed by atoms with Crippen molar-refractivity contribution in [1.82, 2.24) is 14.5 Å². The van der Waals surface area contributed by atoms with E-state index in [9.17, 15) is 4.79 Å². The number of rotatable bonds is 4. The van der Waals surface area contributed by atoms with Crippen LogP contribution in [0, 0.1) is 0 Å². The Morgan fingerprint density at radius 3 is 3.11 bits per heavy atom. The summed E-state index contributed by atoms with van der Waals surface area (Å²) < 4.78 is 6.92. The number of hydrogen-bond acceptors (Lipinski definition) is 6. The molecule has 7 nitrogen and oxygen atoms in total. The molecule has 0 saturated carbocycles. The molecule has 19 heavy (non-hydrogen) atoms. The standard InChI is InChI=1S/C11H16N4O3S/c1-14(2)7-12-8-3-4-15(11(17)13-8)9-6-19-10(5-16)18-9/h3-4,7,9-10,16H,5-6H2,1-2H3/t9-,10+/m1/s1. The highest BCUT2D eigenvalue weighted by molar-refractivity contribution is 8.00. The smallest absolute Gasteiger partial charge is 0.351 e. The van der Waals surface area contributed by atoms with E-state index in [1.54, 1.807) is 23.5 Å². The molecular weight excluding hydrogens is 268 g/mol. The summed E-state index contributed by atoms with van der Waals surface area (Å²) in [4.78, 5) is 21.6. The van der Waals surface area contributed by atoms with Crippen molar-refractivity contribution in [2.45, 2.75) is 11.7 Å². The van der Waals surface area contributed by atoms with Gasteiger partial charge in [-0.3, -0.25) is 4.57 Å². The quantitative estimate of drug-likeness (QED) is 0.621. The topological polar surface area (TPSA) is 80.0 Å². The molecule has 2 heterocycles. The van der Waals surface area contributed by atoms with Gasteiger partial charge in [-0.25, -0.2) is 9.79 Å². The minimum atomic E-state index is -0.405. The van der Waals surface area contributed by atoms with Gasteiger partial charge in [0, 0.05) is 26.0 Å². The number of hydrogen-bond donors (Lipinski definition) is 1. The number of nitrogens with zero attached hydrogens (tertiary/aromatic N) is 4. The van der Waals surface area contributed by atoms with E-state index in [0.29, 0.717) is 11.6 Å². The zero-order valence-corrected chi connectivity index (χ0v) is 11.6. The van der Waals surface area contributed by atoms with E-state index in [2.05, 4.69) is 9.98 Å².